The van der Waals surface area contributed by atoms with Crippen LogP contribution in [0.25, 0.3) is 0 Å². The van der Waals surface area contributed by atoms with E-state index in [1.165, 1.54) is 0 Å². The minimum atomic E-state index is -0.456. The van der Waals surface area contributed by atoms with Crippen molar-refractivity contribution in [2.75, 3.05) is 11.1 Å². The van der Waals surface area contributed by atoms with E-state index in [0.29, 0.717) is 0 Å². The Morgan fingerprint density at radius 2 is 2.31 bits per heavy atom. The summed E-state index contributed by atoms with van der Waals surface area (Å²) in [5.41, 5.74) is 5.34. The van der Waals surface area contributed by atoms with E-state index < -0.39 is 5.82 Å². The Kier molecular flexibility index (Phi) is 1.61. The Morgan fingerprint density at radius 3 is 2.92 bits per heavy atom. The maximum absolute atomic E-state index is 13.1. The van der Waals surface area contributed by atoms with Crippen LogP contribution in [0.2, 0.25) is 0 Å². The molecule has 70 valence electrons. The van der Waals surface area contributed by atoms with Crippen LogP contribution < -0.4 is 11.1 Å². The van der Waals surface area contributed by atoms with E-state index in [0.717, 1.165) is 19.0 Å². The third-order valence-electron chi connectivity index (χ3n) is 2.18. The van der Waals surface area contributed by atoms with Gasteiger partial charge in [0.05, 0.1) is 6.20 Å². The fraction of sp³-hybridized carbons (Fsp3) is 0.500. The molecule has 1 aromatic rings. The molecule has 0 bridgehead atoms. The van der Waals surface area contributed by atoms with Crippen molar-refractivity contribution in [3.8, 4) is 0 Å². The van der Waals surface area contributed by atoms with E-state index in [1.807, 2.05) is 6.92 Å². The Hall–Kier alpha value is -1.39. The summed E-state index contributed by atoms with van der Waals surface area (Å²) in [5.74, 6) is -0.164. The molecular weight excluding hydrogens is 171 g/mol. The van der Waals surface area contributed by atoms with E-state index in [9.17, 15) is 4.39 Å². The van der Waals surface area contributed by atoms with Crippen molar-refractivity contribution in [3.63, 3.8) is 0 Å². The van der Waals surface area contributed by atoms with Gasteiger partial charge < -0.3 is 11.1 Å². The first-order valence-corrected chi connectivity index (χ1v) is 4.15. The third-order valence-corrected chi connectivity index (χ3v) is 2.18. The van der Waals surface area contributed by atoms with Gasteiger partial charge in [0.1, 0.15) is 0 Å². The summed E-state index contributed by atoms with van der Waals surface area (Å²) >= 11 is 0. The van der Waals surface area contributed by atoms with Crippen LogP contribution in [0.1, 0.15) is 19.8 Å². The van der Waals surface area contributed by atoms with Crippen molar-refractivity contribution in [2.45, 2.75) is 25.3 Å². The first kappa shape index (κ1) is 8.22. The highest BCUT2D eigenvalue weighted by atomic mass is 19.1. The lowest BCUT2D eigenvalue weighted by Gasteiger charge is -2.12. The summed E-state index contributed by atoms with van der Waals surface area (Å²) in [6, 6.07) is 0. The second-order valence-electron chi connectivity index (χ2n) is 3.61. The van der Waals surface area contributed by atoms with Crippen molar-refractivity contribution in [3.05, 3.63) is 12.0 Å². The number of halogens is 1. The van der Waals surface area contributed by atoms with Gasteiger partial charge in [-0.3, -0.25) is 0 Å². The quantitative estimate of drug-likeness (QED) is 0.720. The molecule has 0 aliphatic heterocycles. The average molecular weight is 182 g/mol. The summed E-state index contributed by atoms with van der Waals surface area (Å²) in [7, 11) is 0. The van der Waals surface area contributed by atoms with Crippen LogP contribution in [0.15, 0.2) is 6.20 Å². The van der Waals surface area contributed by atoms with Crippen molar-refractivity contribution in [1.29, 1.82) is 0 Å². The molecule has 1 heterocycles. The number of nitrogens with zero attached hydrogens (tertiary/aromatic N) is 2. The zero-order valence-corrected chi connectivity index (χ0v) is 7.34. The normalized spacial score (nSPS) is 18.3. The highest BCUT2D eigenvalue weighted by Gasteiger charge is 2.38. The van der Waals surface area contributed by atoms with Crippen LogP contribution in [0, 0.1) is 5.82 Å². The van der Waals surface area contributed by atoms with E-state index in [-0.39, 0.29) is 17.3 Å². The van der Waals surface area contributed by atoms with Crippen molar-refractivity contribution < 1.29 is 4.39 Å². The van der Waals surface area contributed by atoms with E-state index >= 15 is 0 Å². The molecule has 0 aromatic carbocycles. The van der Waals surface area contributed by atoms with Crippen LogP contribution in [0.3, 0.4) is 0 Å². The first-order valence-electron chi connectivity index (χ1n) is 4.15. The molecule has 0 radical (unpaired) electrons. The summed E-state index contributed by atoms with van der Waals surface area (Å²) in [6.07, 6.45) is 3.16. The van der Waals surface area contributed by atoms with Gasteiger partial charge in [0, 0.05) is 5.54 Å². The Morgan fingerprint density at radius 1 is 1.62 bits per heavy atom. The molecule has 1 saturated carbocycles. The molecule has 0 atom stereocenters. The fourth-order valence-electron chi connectivity index (χ4n) is 1.07. The van der Waals surface area contributed by atoms with Crippen LogP contribution in [0.5, 0.6) is 0 Å². The van der Waals surface area contributed by atoms with Crippen molar-refractivity contribution in [1.82, 2.24) is 9.97 Å². The van der Waals surface area contributed by atoms with Crippen molar-refractivity contribution >= 4 is 11.8 Å². The lowest BCUT2D eigenvalue weighted by atomic mass is 10.3. The highest BCUT2D eigenvalue weighted by Crippen LogP contribution is 2.38. The minimum absolute atomic E-state index is 0.00162. The van der Waals surface area contributed by atoms with Gasteiger partial charge in [-0.1, -0.05) is 0 Å². The molecule has 1 aliphatic rings. The molecule has 1 fully saturated rings. The molecule has 5 heteroatoms. The maximum Gasteiger partial charge on any atom is 0.222 e. The molecule has 2 rings (SSSR count). The summed E-state index contributed by atoms with van der Waals surface area (Å²) in [5, 5.41) is 3.00. The minimum Gasteiger partial charge on any atom is -0.368 e. The van der Waals surface area contributed by atoms with Gasteiger partial charge in [-0.25, -0.2) is 9.37 Å². The van der Waals surface area contributed by atoms with Gasteiger partial charge in [-0.15, -0.1) is 0 Å². The van der Waals surface area contributed by atoms with Crippen molar-refractivity contribution in [2.24, 2.45) is 0 Å². The van der Waals surface area contributed by atoms with Gasteiger partial charge in [0.15, 0.2) is 11.6 Å². The maximum atomic E-state index is 13.1. The second-order valence-corrected chi connectivity index (χ2v) is 3.61. The number of nitrogen functional groups attached to an aromatic ring is 1. The zero-order valence-electron chi connectivity index (χ0n) is 7.34. The van der Waals surface area contributed by atoms with Gasteiger partial charge in [-0.2, -0.15) is 4.98 Å². The number of aromatic nitrogens is 2. The summed E-state index contributed by atoms with van der Waals surface area (Å²) in [6.45, 7) is 2.02. The van der Waals surface area contributed by atoms with E-state index in [4.69, 9.17) is 5.73 Å². The predicted octanol–water partition coefficient (Wildman–Crippen LogP) is 1.16. The Bertz CT molecular complexity index is 335. The van der Waals surface area contributed by atoms with Gasteiger partial charge in [-0.05, 0) is 19.8 Å². The molecule has 0 unspecified atom stereocenters. The molecule has 0 spiro atoms. The van der Waals surface area contributed by atoms with E-state index in [1.54, 1.807) is 0 Å². The highest BCUT2D eigenvalue weighted by molar-refractivity contribution is 5.43. The monoisotopic (exact) mass is 182 g/mol. The number of hydrogen-bond donors (Lipinski definition) is 2. The lowest BCUT2D eigenvalue weighted by Crippen LogP contribution is -2.18. The fourth-order valence-corrected chi connectivity index (χ4v) is 1.07. The molecule has 0 saturated heterocycles. The van der Waals surface area contributed by atoms with Gasteiger partial charge in [0.25, 0.3) is 0 Å². The van der Waals surface area contributed by atoms with Crippen LogP contribution in [-0.4, -0.2) is 15.5 Å². The standard InChI is InChI=1S/C8H11FN4/c1-8(2-3-8)13-6-5(9)4-11-7(10)12-6/h4H,2-3H2,1H3,(H3,10,11,12,13). The van der Waals surface area contributed by atoms with Gasteiger partial charge in [0.2, 0.25) is 5.95 Å². The number of hydrogen-bond acceptors (Lipinski definition) is 4. The molecular formula is C8H11FN4. The molecule has 0 amide bonds. The number of nitrogens with two attached hydrogens (primary N) is 1. The zero-order chi connectivity index (χ0) is 9.47. The summed E-state index contributed by atoms with van der Waals surface area (Å²) in [4.78, 5) is 7.32. The van der Waals surface area contributed by atoms with Crippen LogP contribution in [0.4, 0.5) is 16.2 Å². The summed E-state index contributed by atoms with van der Waals surface area (Å²) < 4.78 is 13.1. The first-order chi connectivity index (χ1) is 6.09. The van der Waals surface area contributed by atoms with Crippen LogP contribution >= 0.6 is 0 Å². The molecule has 1 aliphatic carbocycles. The molecule has 1 aromatic heterocycles. The predicted molar refractivity (Wildman–Crippen MR) is 47.7 cm³/mol. The lowest BCUT2D eigenvalue weighted by molar-refractivity contribution is 0.612. The Labute approximate surface area is 75.4 Å². The Balaban J connectivity index is 2.23. The van der Waals surface area contributed by atoms with E-state index in [2.05, 4.69) is 15.3 Å². The molecule has 4 nitrogen and oxygen atoms in total. The average Bonchev–Trinajstić information content (AvgIpc) is 2.76. The number of nitrogens with one attached hydrogen (secondary N) is 1. The SMILES string of the molecule is CC1(Nc2nc(N)ncc2F)CC1. The van der Waals surface area contributed by atoms with Gasteiger partial charge >= 0.3 is 0 Å². The second kappa shape index (κ2) is 2.55. The number of anilines is 2. The smallest absolute Gasteiger partial charge is 0.222 e. The number of rotatable bonds is 2. The third kappa shape index (κ3) is 1.68. The topological polar surface area (TPSA) is 63.8 Å². The van der Waals surface area contributed by atoms with Crippen LogP contribution in [-0.2, 0) is 0 Å². The molecule has 13 heavy (non-hydrogen) atoms. The molecule has 3 N–H and O–H groups in total. The largest absolute Gasteiger partial charge is 0.368 e.